The van der Waals surface area contributed by atoms with Gasteiger partial charge in [0.2, 0.25) is 5.91 Å². The number of nitrogens with one attached hydrogen (secondary N) is 1. The van der Waals surface area contributed by atoms with Gasteiger partial charge in [-0.15, -0.1) is 0 Å². The minimum absolute atomic E-state index is 0.178. The Kier molecular flexibility index (Phi) is 6.28. The quantitative estimate of drug-likeness (QED) is 0.542. The van der Waals surface area contributed by atoms with Crippen LogP contribution in [0.15, 0.2) is 50.7 Å². The Morgan fingerprint density at radius 1 is 1.33 bits per heavy atom. The van der Waals surface area contributed by atoms with Crippen molar-refractivity contribution in [2.75, 3.05) is 5.32 Å². The van der Waals surface area contributed by atoms with Gasteiger partial charge in [-0.25, -0.2) is 9.37 Å². The molecule has 1 aromatic carbocycles. The van der Waals surface area contributed by atoms with E-state index in [4.69, 9.17) is 8.94 Å². The number of benzene rings is 1. The third-order valence-electron chi connectivity index (χ3n) is 3.85. The Balaban J connectivity index is 1.70. The van der Waals surface area contributed by atoms with Crippen LogP contribution >= 0.6 is 11.8 Å². The molecule has 3 rings (SSSR count). The molecule has 0 aliphatic carbocycles. The maximum absolute atomic E-state index is 13.1. The summed E-state index contributed by atoms with van der Waals surface area (Å²) in [4.78, 5) is 16.9. The van der Waals surface area contributed by atoms with Crippen molar-refractivity contribution in [3.05, 3.63) is 48.1 Å². The van der Waals surface area contributed by atoms with Crippen molar-refractivity contribution < 1.29 is 18.1 Å². The van der Waals surface area contributed by atoms with Crippen LogP contribution in [0.4, 0.5) is 10.2 Å². The highest BCUT2D eigenvalue weighted by atomic mass is 32.2. The summed E-state index contributed by atoms with van der Waals surface area (Å²) in [6.07, 6.45) is 4.12. The first kappa shape index (κ1) is 19.2. The molecule has 1 atom stereocenters. The summed E-state index contributed by atoms with van der Waals surface area (Å²) in [5.74, 6) is 1.05. The second-order valence-corrected chi connectivity index (χ2v) is 7.21. The molecule has 27 heavy (non-hydrogen) atoms. The first-order chi connectivity index (χ1) is 13.0. The molecule has 0 aliphatic heterocycles. The maximum atomic E-state index is 13.1. The highest BCUT2D eigenvalue weighted by Gasteiger charge is 2.23. The number of amides is 1. The molecule has 1 unspecified atom stereocenters. The number of rotatable bonds is 8. The molecular weight excluding hydrogens is 369 g/mol. The molecule has 8 heteroatoms. The van der Waals surface area contributed by atoms with E-state index in [9.17, 15) is 9.18 Å². The van der Waals surface area contributed by atoms with Crippen LogP contribution in [-0.4, -0.2) is 21.3 Å². The minimum Gasteiger partial charge on any atom is -0.431 e. The summed E-state index contributed by atoms with van der Waals surface area (Å²) >= 11 is 1.26. The Morgan fingerprint density at radius 3 is 2.78 bits per heavy atom. The lowest BCUT2D eigenvalue weighted by molar-refractivity contribution is -0.115. The first-order valence-electron chi connectivity index (χ1n) is 8.67. The number of halogens is 1. The van der Waals surface area contributed by atoms with Crippen molar-refractivity contribution in [3.63, 3.8) is 0 Å². The second-order valence-electron chi connectivity index (χ2n) is 6.06. The van der Waals surface area contributed by atoms with Crippen molar-refractivity contribution in [2.24, 2.45) is 0 Å². The summed E-state index contributed by atoms with van der Waals surface area (Å²) in [6, 6.07) is 7.64. The predicted molar refractivity (Wildman–Crippen MR) is 101 cm³/mol. The highest BCUT2D eigenvalue weighted by Crippen LogP contribution is 2.30. The van der Waals surface area contributed by atoms with Gasteiger partial charge in [0, 0.05) is 11.6 Å². The summed E-state index contributed by atoms with van der Waals surface area (Å²) < 4.78 is 23.8. The van der Waals surface area contributed by atoms with E-state index in [-0.39, 0.29) is 17.0 Å². The van der Waals surface area contributed by atoms with Gasteiger partial charge in [-0.2, -0.15) is 0 Å². The molecule has 1 N–H and O–H groups in total. The Hall–Kier alpha value is -2.61. The second kappa shape index (κ2) is 8.85. The summed E-state index contributed by atoms with van der Waals surface area (Å²) in [6.45, 7) is 3.83. The van der Waals surface area contributed by atoms with E-state index in [1.165, 1.54) is 23.9 Å². The molecule has 0 spiro atoms. The normalized spacial score (nSPS) is 12.1. The van der Waals surface area contributed by atoms with Gasteiger partial charge >= 0.3 is 0 Å². The van der Waals surface area contributed by atoms with E-state index in [1.807, 2.05) is 0 Å². The molecule has 0 fully saturated rings. The average Bonchev–Trinajstić information content (AvgIpc) is 3.28. The topological polar surface area (TPSA) is 81.2 Å². The number of aromatic nitrogens is 2. The number of oxazole rings is 1. The zero-order valence-electron chi connectivity index (χ0n) is 15.1. The van der Waals surface area contributed by atoms with Gasteiger partial charge in [0.1, 0.15) is 11.6 Å². The molecule has 0 aliphatic rings. The fourth-order valence-electron chi connectivity index (χ4n) is 2.45. The molecule has 0 bridgehead atoms. The van der Waals surface area contributed by atoms with Crippen molar-refractivity contribution >= 4 is 23.5 Å². The van der Waals surface area contributed by atoms with Gasteiger partial charge < -0.3 is 14.3 Å². The maximum Gasteiger partial charge on any atom is 0.256 e. The number of aryl methyl sites for hydroxylation is 1. The lowest BCUT2D eigenvalue weighted by atomic mass is 10.2. The van der Waals surface area contributed by atoms with E-state index < -0.39 is 0 Å². The number of thioether (sulfide) groups is 1. The fraction of sp³-hybridized carbons (Fsp3) is 0.316. The molecule has 1 amide bonds. The van der Waals surface area contributed by atoms with Crippen LogP contribution < -0.4 is 5.32 Å². The van der Waals surface area contributed by atoms with Crippen LogP contribution in [0, 0.1) is 12.7 Å². The molecule has 0 saturated heterocycles. The largest absolute Gasteiger partial charge is 0.431 e. The lowest BCUT2D eigenvalue weighted by Crippen LogP contribution is -2.25. The molecule has 2 heterocycles. The van der Waals surface area contributed by atoms with Gasteiger partial charge in [0.05, 0.1) is 11.4 Å². The number of carbonyl (C=O) groups excluding carboxylic acids is 1. The van der Waals surface area contributed by atoms with Crippen molar-refractivity contribution in [2.45, 2.75) is 43.6 Å². The van der Waals surface area contributed by atoms with Crippen molar-refractivity contribution in [1.82, 2.24) is 10.1 Å². The van der Waals surface area contributed by atoms with Crippen molar-refractivity contribution in [3.8, 4) is 11.3 Å². The molecule has 6 nitrogen and oxygen atoms in total. The molecule has 142 valence electrons. The highest BCUT2D eigenvalue weighted by molar-refractivity contribution is 8.00. The number of hydrogen-bond donors (Lipinski definition) is 1. The van der Waals surface area contributed by atoms with E-state index in [0.717, 1.165) is 18.4 Å². The van der Waals surface area contributed by atoms with E-state index in [2.05, 4.69) is 22.4 Å². The predicted octanol–water partition coefficient (Wildman–Crippen LogP) is 5.07. The smallest absolute Gasteiger partial charge is 0.256 e. The van der Waals surface area contributed by atoms with E-state index in [1.54, 1.807) is 31.3 Å². The monoisotopic (exact) mass is 389 g/mol. The number of unbranched alkanes of at least 4 members (excludes halogenated alkanes) is 1. The molecule has 2 aromatic heterocycles. The lowest BCUT2D eigenvalue weighted by Gasteiger charge is -2.13. The van der Waals surface area contributed by atoms with Gasteiger partial charge in [-0.1, -0.05) is 36.7 Å². The van der Waals surface area contributed by atoms with Gasteiger partial charge in [0.15, 0.2) is 11.6 Å². The van der Waals surface area contributed by atoms with Gasteiger partial charge in [-0.3, -0.25) is 4.79 Å². The van der Waals surface area contributed by atoms with Crippen LogP contribution in [0.1, 0.15) is 31.9 Å². The standard InChI is InChI=1S/C19H20FN3O3S/c1-3-4-5-16(18(24)22-17-10-12(2)26-23-17)27-19-21-11-15(25-19)13-6-8-14(20)9-7-13/h6-11,16H,3-5H2,1-2H3,(H,22,23,24). The summed E-state index contributed by atoms with van der Waals surface area (Å²) in [5, 5.41) is 6.57. The number of carbonyl (C=O) groups is 1. The molecule has 3 aromatic rings. The van der Waals surface area contributed by atoms with E-state index >= 15 is 0 Å². The van der Waals surface area contributed by atoms with Crippen molar-refractivity contribution in [1.29, 1.82) is 0 Å². The molecular formula is C19H20FN3O3S. The number of anilines is 1. The van der Waals surface area contributed by atoms with Crippen LogP contribution in [0.5, 0.6) is 0 Å². The van der Waals surface area contributed by atoms with Crippen LogP contribution in [0.3, 0.4) is 0 Å². The van der Waals surface area contributed by atoms with Gasteiger partial charge in [0.25, 0.3) is 5.22 Å². The van der Waals surface area contributed by atoms with Crippen LogP contribution in [0.25, 0.3) is 11.3 Å². The van der Waals surface area contributed by atoms with Crippen LogP contribution in [0.2, 0.25) is 0 Å². The Morgan fingerprint density at radius 2 is 2.11 bits per heavy atom. The summed E-state index contributed by atoms with van der Waals surface area (Å²) in [7, 11) is 0. The number of hydrogen-bond acceptors (Lipinski definition) is 6. The zero-order chi connectivity index (χ0) is 19.2. The minimum atomic E-state index is -0.373. The third kappa shape index (κ3) is 5.19. The SMILES string of the molecule is CCCCC(Sc1ncc(-c2ccc(F)cc2)o1)C(=O)Nc1cc(C)on1. The molecule has 0 saturated carbocycles. The zero-order valence-corrected chi connectivity index (χ0v) is 15.9. The first-order valence-corrected chi connectivity index (χ1v) is 9.55. The van der Waals surface area contributed by atoms with E-state index in [0.29, 0.717) is 29.0 Å². The van der Waals surface area contributed by atoms with Crippen LogP contribution in [-0.2, 0) is 4.79 Å². The average molecular weight is 389 g/mol. The summed E-state index contributed by atoms with van der Waals surface area (Å²) in [5.41, 5.74) is 0.725. The Bertz CT molecular complexity index is 892. The molecule has 0 radical (unpaired) electrons. The number of nitrogens with zero attached hydrogens (tertiary/aromatic N) is 2. The van der Waals surface area contributed by atoms with Gasteiger partial charge in [-0.05, 0) is 37.6 Å². The fourth-order valence-corrected chi connectivity index (χ4v) is 3.39. The third-order valence-corrected chi connectivity index (χ3v) is 4.97. The Labute approximate surface area is 160 Å².